The number of piperidine rings is 1. The van der Waals surface area contributed by atoms with Crippen molar-refractivity contribution in [2.24, 2.45) is 5.41 Å². The van der Waals surface area contributed by atoms with Gasteiger partial charge in [0.2, 0.25) is 10.0 Å². The van der Waals surface area contributed by atoms with Gasteiger partial charge in [-0.15, -0.1) is 0 Å². The van der Waals surface area contributed by atoms with E-state index in [2.05, 4.69) is 0 Å². The van der Waals surface area contributed by atoms with Gasteiger partial charge in [-0.2, -0.15) is 0 Å². The van der Waals surface area contributed by atoms with Crippen LogP contribution in [0.2, 0.25) is 0 Å². The van der Waals surface area contributed by atoms with Crippen molar-refractivity contribution < 1.29 is 23.0 Å². The summed E-state index contributed by atoms with van der Waals surface area (Å²) in [7, 11) is -3.42. The molecule has 0 aromatic rings. The van der Waals surface area contributed by atoms with Crippen molar-refractivity contribution in [1.29, 1.82) is 0 Å². The Bertz CT molecular complexity index is 456. The van der Waals surface area contributed by atoms with Crippen molar-refractivity contribution in [2.75, 3.05) is 38.7 Å². The van der Waals surface area contributed by atoms with E-state index in [1.54, 1.807) is 0 Å². The lowest BCUT2D eigenvalue weighted by atomic mass is 9.82. The minimum absolute atomic E-state index is 0.0417. The summed E-state index contributed by atoms with van der Waals surface area (Å²) in [5.74, 6) is -0.0417. The zero-order valence-corrected chi connectivity index (χ0v) is 14.0. The predicted octanol–water partition coefficient (Wildman–Crippen LogP) is 0.605. The molecular formula is C14H27NO5S. The number of nitrogens with zero attached hydrogens (tertiary/aromatic N) is 1. The number of hydrogen-bond donors (Lipinski definition) is 1. The molecule has 0 amide bonds. The van der Waals surface area contributed by atoms with Crippen molar-refractivity contribution in [3.63, 3.8) is 0 Å². The highest BCUT2D eigenvalue weighted by Gasteiger charge is 2.45. The molecule has 0 spiro atoms. The third-order valence-electron chi connectivity index (χ3n) is 4.49. The Kier molecular flexibility index (Phi) is 5.00. The zero-order valence-electron chi connectivity index (χ0n) is 13.2. The van der Waals surface area contributed by atoms with E-state index in [0.717, 1.165) is 0 Å². The van der Waals surface area contributed by atoms with E-state index in [1.165, 1.54) is 4.31 Å². The molecular weight excluding hydrogens is 294 g/mol. The van der Waals surface area contributed by atoms with Crippen molar-refractivity contribution in [1.82, 2.24) is 4.31 Å². The second-order valence-corrected chi connectivity index (χ2v) is 8.77. The van der Waals surface area contributed by atoms with Crippen LogP contribution < -0.4 is 0 Å². The maximum absolute atomic E-state index is 12.7. The van der Waals surface area contributed by atoms with E-state index in [0.29, 0.717) is 45.8 Å². The summed E-state index contributed by atoms with van der Waals surface area (Å²) in [5.41, 5.74) is -1.13. The van der Waals surface area contributed by atoms with Crippen molar-refractivity contribution in [3.8, 4) is 0 Å². The summed E-state index contributed by atoms with van der Waals surface area (Å²) in [4.78, 5) is 0. The molecule has 124 valence electrons. The van der Waals surface area contributed by atoms with Crippen LogP contribution >= 0.6 is 0 Å². The highest BCUT2D eigenvalue weighted by atomic mass is 32.2. The molecule has 2 aliphatic heterocycles. The fourth-order valence-electron chi connectivity index (χ4n) is 3.12. The van der Waals surface area contributed by atoms with Gasteiger partial charge in [0.05, 0.1) is 18.5 Å². The first-order valence-electron chi connectivity index (χ1n) is 7.58. The van der Waals surface area contributed by atoms with E-state index in [1.807, 2.05) is 20.8 Å². The lowest BCUT2D eigenvalue weighted by molar-refractivity contribution is -0.0290. The van der Waals surface area contributed by atoms with Gasteiger partial charge < -0.3 is 14.6 Å². The maximum Gasteiger partial charge on any atom is 0.217 e. The Morgan fingerprint density at radius 2 is 2.14 bits per heavy atom. The molecule has 0 aromatic heterocycles. The van der Waals surface area contributed by atoms with Crippen LogP contribution in [0.4, 0.5) is 0 Å². The molecule has 0 bridgehead atoms. The Morgan fingerprint density at radius 1 is 1.43 bits per heavy atom. The first kappa shape index (κ1) is 17.1. The van der Waals surface area contributed by atoms with Crippen LogP contribution in [0.15, 0.2) is 0 Å². The molecule has 6 nitrogen and oxygen atoms in total. The second-order valence-electron chi connectivity index (χ2n) is 6.80. The maximum atomic E-state index is 12.7. The van der Waals surface area contributed by atoms with E-state index in [9.17, 15) is 13.5 Å². The van der Waals surface area contributed by atoms with Gasteiger partial charge in [-0.3, -0.25) is 0 Å². The quantitative estimate of drug-likeness (QED) is 0.803. The van der Waals surface area contributed by atoms with Crippen LogP contribution in [0.5, 0.6) is 0 Å². The van der Waals surface area contributed by atoms with Crippen LogP contribution in [0.25, 0.3) is 0 Å². The van der Waals surface area contributed by atoms with Crippen molar-refractivity contribution in [3.05, 3.63) is 0 Å². The number of aliphatic hydroxyl groups is 1. The zero-order chi connectivity index (χ0) is 15.7. The lowest BCUT2D eigenvalue weighted by Crippen LogP contribution is -2.54. The third-order valence-corrected chi connectivity index (χ3v) is 6.48. The largest absolute Gasteiger partial charge is 0.392 e. The Balaban J connectivity index is 2.11. The van der Waals surface area contributed by atoms with Crippen molar-refractivity contribution in [2.45, 2.75) is 45.3 Å². The minimum atomic E-state index is -3.42. The molecule has 2 unspecified atom stereocenters. The fraction of sp³-hybridized carbons (Fsp3) is 1.00. The van der Waals surface area contributed by atoms with Crippen LogP contribution in [0, 0.1) is 5.41 Å². The fourth-order valence-corrected chi connectivity index (χ4v) is 5.19. The summed E-state index contributed by atoms with van der Waals surface area (Å²) in [6.45, 7) is 7.73. The second kappa shape index (κ2) is 6.12. The molecule has 1 N–H and O–H groups in total. The Labute approximate surface area is 127 Å². The topological polar surface area (TPSA) is 76.1 Å². The first-order chi connectivity index (χ1) is 9.71. The van der Waals surface area contributed by atoms with Crippen LogP contribution in [0.1, 0.15) is 33.6 Å². The van der Waals surface area contributed by atoms with Crippen molar-refractivity contribution >= 4 is 10.0 Å². The Hall–Kier alpha value is -0.210. The highest BCUT2D eigenvalue weighted by molar-refractivity contribution is 7.89. The molecule has 0 aromatic carbocycles. The minimum Gasteiger partial charge on any atom is -0.392 e. The number of aliphatic hydroxyl groups excluding tert-OH is 1. The average Bonchev–Trinajstić information content (AvgIpc) is 2.80. The molecule has 2 fully saturated rings. The molecule has 2 atom stereocenters. The molecule has 0 aliphatic carbocycles. The smallest absolute Gasteiger partial charge is 0.217 e. The van der Waals surface area contributed by atoms with Gasteiger partial charge in [0.1, 0.15) is 5.60 Å². The third kappa shape index (κ3) is 3.76. The summed E-state index contributed by atoms with van der Waals surface area (Å²) in [6.07, 6.45) is 0.629. The van der Waals surface area contributed by atoms with Gasteiger partial charge in [-0.05, 0) is 13.3 Å². The monoisotopic (exact) mass is 321 g/mol. The number of ether oxygens (including phenoxy) is 2. The van der Waals surface area contributed by atoms with E-state index in [4.69, 9.17) is 9.47 Å². The van der Waals surface area contributed by atoms with Crippen LogP contribution in [0.3, 0.4) is 0 Å². The molecule has 2 aliphatic rings. The number of rotatable bonds is 5. The average molecular weight is 321 g/mol. The summed E-state index contributed by atoms with van der Waals surface area (Å²) in [6, 6.07) is 0. The number of hydrogen-bond acceptors (Lipinski definition) is 5. The van der Waals surface area contributed by atoms with Gasteiger partial charge >= 0.3 is 0 Å². The molecule has 0 radical (unpaired) electrons. The van der Waals surface area contributed by atoms with E-state index in [-0.39, 0.29) is 5.75 Å². The molecule has 2 saturated heterocycles. The predicted molar refractivity (Wildman–Crippen MR) is 79.6 cm³/mol. The Morgan fingerprint density at radius 3 is 2.67 bits per heavy atom. The molecule has 0 saturated carbocycles. The van der Waals surface area contributed by atoms with Crippen LogP contribution in [-0.2, 0) is 19.5 Å². The first-order valence-corrected chi connectivity index (χ1v) is 9.19. The SMILES string of the molecule is CCOC1(CS(=O)(=O)N2CCC(O)C(C)(C)C2)CCOC1. The molecule has 7 heteroatoms. The highest BCUT2D eigenvalue weighted by Crippen LogP contribution is 2.33. The summed E-state index contributed by atoms with van der Waals surface area (Å²) in [5, 5.41) is 9.97. The molecule has 21 heavy (non-hydrogen) atoms. The molecule has 2 rings (SSSR count). The van der Waals surface area contributed by atoms with Gasteiger partial charge in [0, 0.05) is 38.1 Å². The lowest BCUT2D eigenvalue weighted by Gasteiger charge is -2.42. The van der Waals surface area contributed by atoms with E-state index < -0.39 is 27.1 Å². The summed E-state index contributed by atoms with van der Waals surface area (Å²) < 4.78 is 38.0. The van der Waals surface area contributed by atoms with Gasteiger partial charge in [0.25, 0.3) is 0 Å². The standard InChI is InChI=1S/C14H27NO5S/c1-4-20-14(6-8-19-10-14)11-21(17,18)15-7-5-12(16)13(2,3)9-15/h12,16H,4-11H2,1-3H3. The summed E-state index contributed by atoms with van der Waals surface area (Å²) >= 11 is 0. The normalized spacial score (nSPS) is 34.2. The van der Waals surface area contributed by atoms with E-state index >= 15 is 0 Å². The molecule has 2 heterocycles. The van der Waals surface area contributed by atoms with Gasteiger partial charge in [0.15, 0.2) is 0 Å². The number of sulfonamides is 1. The van der Waals surface area contributed by atoms with Crippen LogP contribution in [-0.4, -0.2) is 68.2 Å². The van der Waals surface area contributed by atoms with Gasteiger partial charge in [-0.25, -0.2) is 12.7 Å². The van der Waals surface area contributed by atoms with Gasteiger partial charge in [-0.1, -0.05) is 13.8 Å².